The van der Waals surface area contributed by atoms with Gasteiger partial charge < -0.3 is 0 Å². The molecule has 3 rings (SSSR count). The largest absolute Gasteiger partial charge is 0.299 e. The van der Waals surface area contributed by atoms with E-state index < -0.39 is 5.67 Å². The summed E-state index contributed by atoms with van der Waals surface area (Å²) in [4.78, 5) is 14.7. The summed E-state index contributed by atoms with van der Waals surface area (Å²) in [5, 5.41) is 0. The van der Waals surface area contributed by atoms with Crippen LogP contribution in [-0.4, -0.2) is 51.3 Å². The molecule has 6 heteroatoms. The van der Waals surface area contributed by atoms with Crippen LogP contribution in [0, 0.1) is 0 Å². The van der Waals surface area contributed by atoms with E-state index in [-0.39, 0.29) is 6.04 Å². The number of imidazole rings is 1. The second-order valence-electron chi connectivity index (χ2n) is 5.32. The van der Waals surface area contributed by atoms with Crippen LogP contribution in [0.5, 0.6) is 0 Å². The van der Waals surface area contributed by atoms with Gasteiger partial charge in [0.05, 0.1) is 11.7 Å². The minimum absolute atomic E-state index is 0.374. The first-order valence-electron chi connectivity index (χ1n) is 6.40. The lowest BCUT2D eigenvalue weighted by Gasteiger charge is -2.32. The normalized spacial score (nSPS) is 26.2. The molecule has 5 nitrogen and oxygen atoms in total. The van der Waals surface area contributed by atoms with Crippen LogP contribution in [0.1, 0.15) is 12.6 Å². The number of hydrogen-bond donors (Lipinski definition) is 0. The summed E-state index contributed by atoms with van der Waals surface area (Å²) in [7, 11) is 3.67. The van der Waals surface area contributed by atoms with Crippen LogP contribution in [0.25, 0.3) is 11.5 Å². The zero-order valence-electron chi connectivity index (χ0n) is 11.7. The highest BCUT2D eigenvalue weighted by atomic mass is 19.1. The molecule has 1 aliphatic heterocycles. The van der Waals surface area contributed by atoms with Gasteiger partial charge in [-0.2, -0.15) is 0 Å². The smallest absolute Gasteiger partial charge is 0.234 e. The first-order chi connectivity index (χ1) is 9.47. The van der Waals surface area contributed by atoms with Gasteiger partial charge in [0.1, 0.15) is 11.4 Å². The predicted octanol–water partition coefficient (Wildman–Crippen LogP) is 1.81. The van der Waals surface area contributed by atoms with Crippen LogP contribution in [0.2, 0.25) is 0 Å². The fourth-order valence-electron chi connectivity index (χ4n) is 2.42. The van der Waals surface area contributed by atoms with E-state index in [9.17, 15) is 4.39 Å². The molecule has 2 aromatic heterocycles. The Bertz CT molecular complexity index is 665. The van der Waals surface area contributed by atoms with Crippen molar-refractivity contribution < 1.29 is 4.39 Å². The third kappa shape index (κ3) is 2.12. The van der Waals surface area contributed by atoms with E-state index in [0.717, 1.165) is 0 Å². The number of nitrogens with zero attached hydrogens (tertiary/aromatic N) is 5. The van der Waals surface area contributed by atoms with Crippen LogP contribution >= 0.6 is 0 Å². The lowest BCUT2D eigenvalue weighted by Crippen LogP contribution is -2.46. The van der Waals surface area contributed by atoms with E-state index in [1.54, 1.807) is 29.9 Å². The van der Waals surface area contributed by atoms with Crippen LogP contribution in [-0.2, 0) is 0 Å². The lowest BCUT2D eigenvalue weighted by atomic mass is 9.94. The van der Waals surface area contributed by atoms with E-state index in [1.807, 2.05) is 31.3 Å². The zero-order valence-corrected chi connectivity index (χ0v) is 11.7. The minimum atomic E-state index is -1.48. The number of hydrogen-bond acceptors (Lipinski definition) is 4. The summed E-state index contributed by atoms with van der Waals surface area (Å²) in [5.41, 5.74) is -0.316. The number of aromatic nitrogens is 3. The van der Waals surface area contributed by atoms with Crippen molar-refractivity contribution in [2.75, 3.05) is 14.1 Å². The van der Waals surface area contributed by atoms with Crippen molar-refractivity contribution in [2.45, 2.75) is 18.6 Å². The number of rotatable bonds is 2. The van der Waals surface area contributed by atoms with Gasteiger partial charge in [0, 0.05) is 24.8 Å². The van der Waals surface area contributed by atoms with Crippen LogP contribution in [0.3, 0.4) is 0 Å². The summed E-state index contributed by atoms with van der Waals surface area (Å²) in [6.45, 7) is 1.55. The van der Waals surface area contributed by atoms with Gasteiger partial charge in [-0.05, 0) is 33.2 Å². The molecular weight excluding hydrogens is 257 g/mol. The molecule has 0 radical (unpaired) electrons. The maximum absolute atomic E-state index is 14.7. The summed E-state index contributed by atoms with van der Waals surface area (Å²) in [6.07, 6.45) is 8.49. The molecule has 1 aliphatic rings. The van der Waals surface area contributed by atoms with Crippen LogP contribution < -0.4 is 0 Å². The lowest BCUT2D eigenvalue weighted by molar-refractivity contribution is 0.154. The maximum Gasteiger partial charge on any atom is 0.234 e. The van der Waals surface area contributed by atoms with Crippen molar-refractivity contribution in [1.29, 1.82) is 0 Å². The maximum atomic E-state index is 14.7. The SMILES string of the molecule is CN(C)C1C=NC(c2cn3cccnc3n2)=CC1(C)F. The molecular formula is C14H16FN5. The third-order valence-electron chi connectivity index (χ3n) is 3.41. The number of alkyl halides is 1. The standard InChI is InChI=1S/C14H16FN5/c1-14(15)7-10(17-8-12(14)19(2)3)11-9-20-6-4-5-16-13(20)18-11/h4-9,12H,1-3H3. The molecule has 0 bridgehead atoms. The first-order valence-corrected chi connectivity index (χ1v) is 6.40. The predicted molar refractivity (Wildman–Crippen MR) is 76.4 cm³/mol. The highest BCUT2D eigenvalue weighted by Gasteiger charge is 2.36. The number of fused-ring (bicyclic) bond motifs is 1. The molecule has 0 amide bonds. The van der Waals surface area contributed by atoms with E-state index in [0.29, 0.717) is 17.2 Å². The number of halogens is 1. The summed E-state index contributed by atoms with van der Waals surface area (Å²) in [5.74, 6) is 0.578. The Labute approximate surface area is 116 Å². The second kappa shape index (κ2) is 4.49. The van der Waals surface area contributed by atoms with Gasteiger partial charge >= 0.3 is 0 Å². The topological polar surface area (TPSA) is 45.8 Å². The molecule has 2 aromatic rings. The Morgan fingerprint density at radius 3 is 2.85 bits per heavy atom. The van der Waals surface area contributed by atoms with Crippen molar-refractivity contribution in [2.24, 2.45) is 4.99 Å². The Kier molecular flexibility index (Phi) is 2.90. The van der Waals surface area contributed by atoms with Gasteiger partial charge in [-0.25, -0.2) is 14.4 Å². The van der Waals surface area contributed by atoms with Gasteiger partial charge in [0.2, 0.25) is 5.78 Å². The fraction of sp³-hybridized carbons (Fsp3) is 0.357. The molecule has 2 unspecified atom stereocenters. The van der Waals surface area contributed by atoms with Gasteiger partial charge in [0.15, 0.2) is 0 Å². The zero-order chi connectivity index (χ0) is 14.3. The van der Waals surface area contributed by atoms with Crippen molar-refractivity contribution in [3.8, 4) is 0 Å². The quantitative estimate of drug-likeness (QED) is 0.838. The molecule has 0 spiro atoms. The summed E-state index contributed by atoms with van der Waals surface area (Å²) in [6, 6.07) is 1.44. The average Bonchev–Trinajstić information content (AvgIpc) is 2.80. The minimum Gasteiger partial charge on any atom is -0.299 e. The third-order valence-corrected chi connectivity index (χ3v) is 3.41. The van der Waals surface area contributed by atoms with Crippen molar-refractivity contribution in [3.05, 3.63) is 36.4 Å². The molecule has 0 saturated heterocycles. The first kappa shape index (κ1) is 12.9. The molecule has 20 heavy (non-hydrogen) atoms. The van der Waals surface area contributed by atoms with Gasteiger partial charge in [-0.15, -0.1) is 0 Å². The summed E-state index contributed by atoms with van der Waals surface area (Å²) < 4.78 is 16.5. The molecule has 0 N–H and O–H groups in total. The van der Waals surface area contributed by atoms with Crippen molar-refractivity contribution in [3.63, 3.8) is 0 Å². The highest BCUT2D eigenvalue weighted by Crippen LogP contribution is 2.29. The Hall–Kier alpha value is -2.08. The van der Waals surface area contributed by atoms with E-state index in [1.165, 1.54) is 6.08 Å². The van der Waals surface area contributed by atoms with E-state index in [2.05, 4.69) is 15.0 Å². The Morgan fingerprint density at radius 1 is 1.40 bits per heavy atom. The number of aliphatic imine (C=N–C) groups is 1. The average molecular weight is 273 g/mol. The Morgan fingerprint density at radius 2 is 2.20 bits per heavy atom. The van der Waals surface area contributed by atoms with Crippen molar-refractivity contribution in [1.82, 2.24) is 19.3 Å². The highest BCUT2D eigenvalue weighted by molar-refractivity contribution is 5.81. The Balaban J connectivity index is 2.01. The molecule has 2 atom stereocenters. The van der Waals surface area contributed by atoms with Crippen LogP contribution in [0.4, 0.5) is 4.39 Å². The van der Waals surface area contributed by atoms with Crippen LogP contribution in [0.15, 0.2) is 35.7 Å². The van der Waals surface area contributed by atoms with Crippen molar-refractivity contribution >= 4 is 17.7 Å². The fourth-order valence-corrected chi connectivity index (χ4v) is 2.42. The molecule has 0 aliphatic carbocycles. The van der Waals surface area contributed by atoms with Gasteiger partial charge in [-0.1, -0.05) is 0 Å². The molecule has 104 valence electrons. The molecule has 3 heterocycles. The monoisotopic (exact) mass is 273 g/mol. The molecule has 0 aromatic carbocycles. The van der Waals surface area contributed by atoms with Gasteiger partial charge in [0.25, 0.3) is 0 Å². The van der Waals surface area contributed by atoms with Gasteiger partial charge in [-0.3, -0.25) is 14.3 Å². The van der Waals surface area contributed by atoms with E-state index in [4.69, 9.17) is 0 Å². The molecule has 0 saturated carbocycles. The molecule has 0 fully saturated rings. The van der Waals surface area contributed by atoms with E-state index >= 15 is 0 Å². The summed E-state index contributed by atoms with van der Waals surface area (Å²) >= 11 is 0. The second-order valence-corrected chi connectivity index (χ2v) is 5.32.